The van der Waals surface area contributed by atoms with Gasteiger partial charge >= 0.3 is 5.97 Å². The maximum atomic E-state index is 11.0. The summed E-state index contributed by atoms with van der Waals surface area (Å²) in [5.74, 6) is -0.516. The van der Waals surface area contributed by atoms with Gasteiger partial charge in [-0.3, -0.25) is 0 Å². The van der Waals surface area contributed by atoms with Crippen molar-refractivity contribution in [1.29, 1.82) is 0 Å². The van der Waals surface area contributed by atoms with Crippen LogP contribution in [0.2, 0.25) is 0 Å². The molecule has 3 nitrogen and oxygen atoms in total. The van der Waals surface area contributed by atoms with E-state index in [2.05, 4.69) is 31.2 Å². The molecule has 0 aromatic carbocycles. The highest BCUT2D eigenvalue weighted by atomic mass is 16.5. The van der Waals surface area contributed by atoms with Gasteiger partial charge in [0.2, 0.25) is 0 Å². The van der Waals surface area contributed by atoms with Crippen LogP contribution in [0.25, 0.3) is 0 Å². The van der Waals surface area contributed by atoms with E-state index >= 15 is 0 Å². The number of unbranched alkanes of at least 4 members (excludes halogenated alkanes) is 9. The van der Waals surface area contributed by atoms with Crippen LogP contribution in [-0.4, -0.2) is 23.8 Å². The summed E-state index contributed by atoms with van der Waals surface area (Å²) in [5.41, 5.74) is 0. The van der Waals surface area contributed by atoms with Crippen LogP contribution in [0.15, 0.2) is 24.3 Å². The van der Waals surface area contributed by atoms with Gasteiger partial charge < -0.3 is 9.84 Å². The third-order valence-electron chi connectivity index (χ3n) is 3.93. The first-order valence-electron chi connectivity index (χ1n) is 9.83. The predicted molar refractivity (Wildman–Crippen MR) is 102 cm³/mol. The fourth-order valence-electron chi connectivity index (χ4n) is 2.38. The zero-order chi connectivity index (χ0) is 17.9. The van der Waals surface area contributed by atoms with E-state index in [0.29, 0.717) is 6.61 Å². The van der Waals surface area contributed by atoms with Gasteiger partial charge in [-0.05, 0) is 45.4 Å². The van der Waals surface area contributed by atoms with Gasteiger partial charge in [0.15, 0.2) is 0 Å². The standard InChI is InChI=1S/C21H38O3/c1-3-4-5-6-7-8-9-10-11-12-13-14-15-16-17-18-19-24-21(23)20(2)22/h7-8,10-11,20,22H,3-6,9,12-19H2,1-2H3/b8-7-,11-10-. The molecular formula is C21H38O3. The van der Waals surface area contributed by atoms with E-state index < -0.39 is 12.1 Å². The molecule has 0 rings (SSSR count). The smallest absolute Gasteiger partial charge is 0.334 e. The molecule has 1 N–H and O–H groups in total. The molecule has 24 heavy (non-hydrogen) atoms. The number of aliphatic hydroxyl groups is 1. The highest BCUT2D eigenvalue weighted by Gasteiger charge is 2.08. The molecule has 1 unspecified atom stereocenters. The van der Waals surface area contributed by atoms with E-state index in [1.165, 1.54) is 64.7 Å². The number of esters is 1. The Morgan fingerprint density at radius 2 is 1.42 bits per heavy atom. The summed E-state index contributed by atoms with van der Waals surface area (Å²) in [6, 6.07) is 0. The minimum absolute atomic E-state index is 0.429. The Labute approximate surface area is 149 Å². The highest BCUT2D eigenvalue weighted by molar-refractivity contribution is 5.73. The van der Waals surface area contributed by atoms with Crippen molar-refractivity contribution < 1.29 is 14.6 Å². The van der Waals surface area contributed by atoms with Crippen LogP contribution in [0.1, 0.15) is 90.9 Å². The van der Waals surface area contributed by atoms with Crippen LogP contribution >= 0.6 is 0 Å². The van der Waals surface area contributed by atoms with Crippen molar-refractivity contribution in [1.82, 2.24) is 0 Å². The Balaban J connectivity index is 3.22. The Morgan fingerprint density at radius 3 is 2.00 bits per heavy atom. The molecule has 140 valence electrons. The van der Waals surface area contributed by atoms with Gasteiger partial charge in [-0.2, -0.15) is 0 Å². The van der Waals surface area contributed by atoms with Gasteiger partial charge in [-0.1, -0.05) is 69.8 Å². The minimum atomic E-state index is -1.00. The van der Waals surface area contributed by atoms with Gasteiger partial charge in [0.25, 0.3) is 0 Å². The molecule has 0 saturated heterocycles. The molecule has 0 saturated carbocycles. The molecule has 3 heteroatoms. The van der Waals surface area contributed by atoms with E-state index in [1.54, 1.807) is 0 Å². The molecule has 1 atom stereocenters. The number of rotatable bonds is 16. The van der Waals surface area contributed by atoms with Crippen molar-refractivity contribution in [2.45, 2.75) is 97.0 Å². The monoisotopic (exact) mass is 338 g/mol. The Bertz CT molecular complexity index is 332. The summed E-state index contributed by atoms with van der Waals surface area (Å²) in [6.45, 7) is 4.10. The normalized spacial score (nSPS) is 13.0. The van der Waals surface area contributed by atoms with Crippen LogP contribution in [0.4, 0.5) is 0 Å². The third-order valence-corrected chi connectivity index (χ3v) is 3.93. The largest absolute Gasteiger partial charge is 0.464 e. The minimum Gasteiger partial charge on any atom is -0.464 e. The molecule has 0 spiro atoms. The quantitative estimate of drug-likeness (QED) is 0.222. The zero-order valence-electron chi connectivity index (χ0n) is 15.8. The van der Waals surface area contributed by atoms with Crippen molar-refractivity contribution in [3.63, 3.8) is 0 Å². The van der Waals surface area contributed by atoms with Gasteiger partial charge in [0, 0.05) is 0 Å². The summed E-state index contributed by atoms with van der Waals surface area (Å²) < 4.78 is 4.92. The molecule has 0 aromatic rings. The summed E-state index contributed by atoms with van der Waals surface area (Å²) in [7, 11) is 0. The summed E-state index contributed by atoms with van der Waals surface area (Å²) >= 11 is 0. The van der Waals surface area contributed by atoms with Crippen molar-refractivity contribution in [2.75, 3.05) is 6.61 Å². The van der Waals surface area contributed by atoms with Crippen LogP contribution in [0.5, 0.6) is 0 Å². The molecule has 0 fully saturated rings. The fraction of sp³-hybridized carbons (Fsp3) is 0.762. The van der Waals surface area contributed by atoms with E-state index in [1.807, 2.05) is 0 Å². The second kappa shape index (κ2) is 18.3. The number of hydrogen-bond donors (Lipinski definition) is 1. The van der Waals surface area contributed by atoms with E-state index in [-0.39, 0.29) is 0 Å². The molecule has 0 amide bonds. The van der Waals surface area contributed by atoms with Gasteiger partial charge in [-0.25, -0.2) is 4.79 Å². The first-order valence-corrected chi connectivity index (χ1v) is 9.83. The second-order valence-corrected chi connectivity index (χ2v) is 6.43. The first-order chi connectivity index (χ1) is 11.7. The lowest BCUT2D eigenvalue weighted by molar-refractivity contribution is -0.152. The predicted octanol–water partition coefficient (Wildman–Crippen LogP) is 5.72. The van der Waals surface area contributed by atoms with Crippen molar-refractivity contribution in [2.24, 2.45) is 0 Å². The number of ether oxygens (including phenoxy) is 1. The lowest BCUT2D eigenvalue weighted by Crippen LogP contribution is -2.19. The molecule has 0 heterocycles. The lowest BCUT2D eigenvalue weighted by Gasteiger charge is -2.06. The van der Waals surface area contributed by atoms with Crippen LogP contribution in [-0.2, 0) is 9.53 Å². The number of allylic oxidation sites excluding steroid dienone is 4. The maximum absolute atomic E-state index is 11.0. The Kier molecular flexibility index (Phi) is 17.4. The maximum Gasteiger partial charge on any atom is 0.334 e. The summed E-state index contributed by atoms with van der Waals surface area (Å²) in [6.07, 6.45) is 22.5. The molecule has 0 bridgehead atoms. The lowest BCUT2D eigenvalue weighted by atomic mass is 10.1. The van der Waals surface area contributed by atoms with E-state index in [0.717, 1.165) is 19.3 Å². The SMILES string of the molecule is CCCCC/C=C\C/C=C\CCCCCCCCOC(=O)C(C)O. The molecular weight excluding hydrogens is 300 g/mol. The molecule has 0 radical (unpaired) electrons. The Morgan fingerprint density at radius 1 is 0.875 bits per heavy atom. The van der Waals surface area contributed by atoms with Crippen LogP contribution < -0.4 is 0 Å². The average molecular weight is 339 g/mol. The topological polar surface area (TPSA) is 46.5 Å². The van der Waals surface area contributed by atoms with Gasteiger partial charge in [-0.15, -0.1) is 0 Å². The first kappa shape index (κ1) is 22.9. The fourth-order valence-corrected chi connectivity index (χ4v) is 2.38. The van der Waals surface area contributed by atoms with Gasteiger partial charge in [0.05, 0.1) is 6.61 Å². The molecule has 0 aliphatic carbocycles. The van der Waals surface area contributed by atoms with Crippen molar-refractivity contribution in [3.05, 3.63) is 24.3 Å². The summed E-state index contributed by atoms with van der Waals surface area (Å²) in [5, 5.41) is 8.97. The third kappa shape index (κ3) is 17.3. The van der Waals surface area contributed by atoms with Crippen molar-refractivity contribution >= 4 is 5.97 Å². The van der Waals surface area contributed by atoms with Crippen LogP contribution in [0.3, 0.4) is 0 Å². The molecule has 0 aliphatic heterocycles. The van der Waals surface area contributed by atoms with Crippen LogP contribution in [0, 0.1) is 0 Å². The van der Waals surface area contributed by atoms with E-state index in [4.69, 9.17) is 9.84 Å². The number of aliphatic hydroxyl groups excluding tert-OH is 1. The Hall–Kier alpha value is -1.09. The number of hydrogen-bond acceptors (Lipinski definition) is 3. The average Bonchev–Trinajstić information content (AvgIpc) is 2.57. The molecule has 0 aliphatic rings. The highest BCUT2D eigenvalue weighted by Crippen LogP contribution is 2.08. The zero-order valence-corrected chi connectivity index (χ0v) is 15.8. The number of carbonyl (C=O) groups excluding carboxylic acids is 1. The summed E-state index contributed by atoms with van der Waals surface area (Å²) in [4.78, 5) is 11.0. The van der Waals surface area contributed by atoms with E-state index in [9.17, 15) is 4.79 Å². The molecule has 0 aromatic heterocycles. The van der Waals surface area contributed by atoms with Crippen molar-refractivity contribution in [3.8, 4) is 0 Å². The number of carbonyl (C=O) groups is 1. The second-order valence-electron chi connectivity index (χ2n) is 6.43. The van der Waals surface area contributed by atoms with Gasteiger partial charge in [0.1, 0.15) is 6.10 Å².